The highest BCUT2D eigenvalue weighted by atomic mass is 19.4. The Bertz CT molecular complexity index is 1490. The van der Waals surface area contributed by atoms with Crippen molar-refractivity contribution >= 4 is 0 Å². The first-order valence-electron chi connectivity index (χ1n) is 10.2. The van der Waals surface area contributed by atoms with E-state index in [0.29, 0.717) is 17.1 Å². The van der Waals surface area contributed by atoms with E-state index < -0.39 is 23.4 Å². The van der Waals surface area contributed by atoms with Crippen LogP contribution in [0.2, 0.25) is 0 Å². The zero-order valence-electron chi connectivity index (χ0n) is 18.0. The molecule has 3 aromatic rings. The van der Waals surface area contributed by atoms with E-state index in [1.54, 1.807) is 23.0 Å². The van der Waals surface area contributed by atoms with Gasteiger partial charge in [-0.05, 0) is 36.4 Å². The fourth-order valence-corrected chi connectivity index (χ4v) is 3.65. The smallest absolute Gasteiger partial charge is 0.417 e. The number of methoxy groups -OCH3 is 1. The van der Waals surface area contributed by atoms with Crippen LogP contribution < -0.4 is 4.74 Å². The summed E-state index contributed by atoms with van der Waals surface area (Å²) in [6.07, 6.45) is -1.35. The Balaban J connectivity index is 1.43. The number of nitrogens with zero attached hydrogens (tertiary/aromatic N) is 4. The number of imidazole rings is 1. The minimum atomic E-state index is -4.61. The molecule has 2 aliphatic heterocycles. The molecule has 0 saturated heterocycles. The monoisotopic (exact) mass is 486 g/mol. The maximum Gasteiger partial charge on any atom is 0.417 e. The molecule has 11 heteroatoms. The lowest BCUT2D eigenvalue weighted by Gasteiger charge is -2.12. The Labute approximate surface area is 194 Å². The van der Waals surface area contributed by atoms with Crippen LogP contribution in [0.15, 0.2) is 65.4 Å². The Morgan fingerprint density at radius 2 is 1.74 bits per heavy atom. The fourth-order valence-electron chi connectivity index (χ4n) is 3.65. The summed E-state index contributed by atoms with van der Waals surface area (Å²) < 4.78 is 80.1. The van der Waals surface area contributed by atoms with Crippen molar-refractivity contribution in [2.24, 2.45) is 0 Å². The van der Waals surface area contributed by atoms with E-state index in [4.69, 9.17) is 9.26 Å². The van der Waals surface area contributed by atoms with Crippen LogP contribution in [0.5, 0.6) is 5.75 Å². The normalized spacial score (nSPS) is 11.8. The quantitative estimate of drug-likeness (QED) is 0.283. The number of pyridine rings is 1. The first kappa shape index (κ1) is 22.5. The van der Waals surface area contributed by atoms with Crippen molar-refractivity contribution in [2.45, 2.75) is 12.7 Å². The molecule has 178 valence electrons. The van der Waals surface area contributed by atoms with Gasteiger partial charge in [-0.1, -0.05) is 11.2 Å². The lowest BCUT2D eigenvalue weighted by molar-refractivity contribution is -0.137. The predicted octanol–water partition coefficient (Wildman–Crippen LogP) is 6.06. The van der Waals surface area contributed by atoms with E-state index in [1.807, 2.05) is 0 Å². The number of fused-ring (bicyclic) bond motifs is 1. The molecule has 5 rings (SSSR count). The molecule has 0 unspecified atom stereocenters. The number of benzene rings is 2. The lowest BCUT2D eigenvalue weighted by atomic mass is 10.0. The van der Waals surface area contributed by atoms with E-state index >= 15 is 0 Å². The van der Waals surface area contributed by atoms with E-state index in [9.17, 15) is 22.0 Å². The molecule has 0 spiro atoms. The number of ether oxygens (including phenoxy) is 1. The molecule has 35 heavy (non-hydrogen) atoms. The van der Waals surface area contributed by atoms with Gasteiger partial charge in [0.2, 0.25) is 0 Å². The number of hydrogen-bond donors (Lipinski definition) is 0. The highest BCUT2D eigenvalue weighted by Gasteiger charge is 2.35. The van der Waals surface area contributed by atoms with Crippen LogP contribution >= 0.6 is 0 Å². The number of rotatable bonds is 5. The third kappa shape index (κ3) is 4.32. The summed E-state index contributed by atoms with van der Waals surface area (Å²) in [5, 5.41) is 3.80. The van der Waals surface area contributed by atoms with Gasteiger partial charge in [-0.15, -0.1) is 0 Å². The molecule has 0 saturated carbocycles. The second-order valence-electron chi connectivity index (χ2n) is 7.62. The largest absolute Gasteiger partial charge is 0.497 e. The van der Waals surface area contributed by atoms with Crippen molar-refractivity contribution in [1.82, 2.24) is 19.7 Å². The maximum atomic E-state index is 14.1. The molecule has 2 aromatic carbocycles. The van der Waals surface area contributed by atoms with Gasteiger partial charge >= 0.3 is 6.18 Å². The van der Waals surface area contributed by atoms with Crippen molar-refractivity contribution in [3.63, 3.8) is 0 Å². The van der Waals surface area contributed by atoms with E-state index in [0.717, 1.165) is 12.1 Å². The van der Waals surface area contributed by atoms with Gasteiger partial charge < -0.3 is 13.8 Å². The summed E-state index contributed by atoms with van der Waals surface area (Å²) in [4.78, 5) is 8.51. The minimum absolute atomic E-state index is 0.0219. The van der Waals surface area contributed by atoms with Gasteiger partial charge in [-0.3, -0.25) is 0 Å². The van der Waals surface area contributed by atoms with Crippen LogP contribution in [-0.2, 0) is 12.7 Å². The minimum Gasteiger partial charge on any atom is -0.497 e. The maximum absolute atomic E-state index is 14.1. The fraction of sp³-hybridized carbons (Fsp3) is 0.125. The van der Waals surface area contributed by atoms with Crippen LogP contribution in [0, 0.1) is 11.6 Å². The van der Waals surface area contributed by atoms with Gasteiger partial charge in [0.15, 0.2) is 23.2 Å². The third-order valence-electron chi connectivity index (χ3n) is 5.33. The summed E-state index contributed by atoms with van der Waals surface area (Å²) in [6.45, 7) is 0.136. The lowest BCUT2D eigenvalue weighted by Crippen LogP contribution is -2.07. The Morgan fingerprint density at radius 1 is 0.943 bits per heavy atom. The molecular formula is C24H15F5N4O2. The average Bonchev–Trinajstić information content (AvgIpc) is 3.46. The van der Waals surface area contributed by atoms with Crippen molar-refractivity contribution in [3.05, 3.63) is 83.9 Å². The standard InChI is InChI=1S/C24H15F5N4O2/c1-34-13-5-6-15(17(9-13)24(27,28)29)20-10-14(35-32-20)11-33-8-7-19-21(12-33)31-23(30-19)16-3-2-4-18(25)22(16)26/h2-10,12H,11H2,1H3. The van der Waals surface area contributed by atoms with Crippen molar-refractivity contribution in [3.8, 4) is 39.8 Å². The van der Waals surface area contributed by atoms with Crippen molar-refractivity contribution in [2.75, 3.05) is 7.11 Å². The van der Waals surface area contributed by atoms with Crippen LogP contribution in [0.25, 0.3) is 34.0 Å². The molecule has 6 nitrogen and oxygen atoms in total. The van der Waals surface area contributed by atoms with Gasteiger partial charge in [0, 0.05) is 24.0 Å². The van der Waals surface area contributed by atoms with Crippen LogP contribution in [0.3, 0.4) is 0 Å². The molecule has 0 aliphatic carbocycles. The topological polar surface area (TPSA) is 66.0 Å². The number of aromatic nitrogens is 4. The second kappa shape index (κ2) is 8.49. The SMILES string of the molecule is COc1ccc(-c2cc(Cn3ccc4nc(-c5cccc(F)c5F)nc-4c3)on2)c(C(F)(F)F)c1. The third-order valence-corrected chi connectivity index (χ3v) is 5.33. The molecule has 0 atom stereocenters. The summed E-state index contributed by atoms with van der Waals surface area (Å²) >= 11 is 0. The van der Waals surface area contributed by atoms with E-state index in [1.165, 1.54) is 37.4 Å². The van der Waals surface area contributed by atoms with Gasteiger partial charge in [-0.25, -0.2) is 18.7 Å². The van der Waals surface area contributed by atoms with Crippen molar-refractivity contribution < 1.29 is 31.2 Å². The summed E-state index contributed by atoms with van der Waals surface area (Å²) in [5.74, 6) is -1.64. The first-order chi connectivity index (χ1) is 16.7. The van der Waals surface area contributed by atoms with Crippen LogP contribution in [0.1, 0.15) is 11.3 Å². The zero-order valence-corrected chi connectivity index (χ0v) is 18.0. The van der Waals surface area contributed by atoms with Gasteiger partial charge in [-0.2, -0.15) is 13.2 Å². The molecule has 0 fully saturated rings. The average molecular weight is 486 g/mol. The highest BCUT2D eigenvalue weighted by Crippen LogP contribution is 2.39. The zero-order chi connectivity index (χ0) is 24.7. The molecule has 1 aromatic heterocycles. The van der Waals surface area contributed by atoms with Gasteiger partial charge in [0.05, 0.1) is 30.5 Å². The Hall–Kier alpha value is -4.28. The Morgan fingerprint density at radius 3 is 2.51 bits per heavy atom. The number of halogens is 5. The van der Waals surface area contributed by atoms with Crippen LogP contribution in [-0.4, -0.2) is 26.8 Å². The number of alkyl halides is 3. The molecule has 0 bridgehead atoms. The second-order valence-corrected chi connectivity index (χ2v) is 7.62. The van der Waals surface area contributed by atoms with Crippen LogP contribution in [0.4, 0.5) is 22.0 Å². The van der Waals surface area contributed by atoms with E-state index in [-0.39, 0.29) is 34.9 Å². The summed E-state index contributed by atoms with van der Waals surface area (Å²) in [6, 6.07) is 10.4. The summed E-state index contributed by atoms with van der Waals surface area (Å²) in [7, 11) is 1.28. The highest BCUT2D eigenvalue weighted by molar-refractivity contribution is 5.67. The Kier molecular flexibility index (Phi) is 5.46. The predicted molar refractivity (Wildman–Crippen MR) is 115 cm³/mol. The molecule has 0 amide bonds. The molecular weight excluding hydrogens is 471 g/mol. The number of hydrogen-bond acceptors (Lipinski definition) is 5. The first-order valence-corrected chi connectivity index (χ1v) is 10.2. The van der Waals surface area contributed by atoms with Gasteiger partial charge in [0.1, 0.15) is 17.1 Å². The summed E-state index contributed by atoms with van der Waals surface area (Å²) in [5.41, 5.74) is -0.194. The molecule has 3 heterocycles. The molecule has 0 radical (unpaired) electrons. The van der Waals surface area contributed by atoms with Crippen molar-refractivity contribution in [1.29, 1.82) is 0 Å². The molecule has 0 N–H and O–H groups in total. The molecule has 2 aliphatic rings. The van der Waals surface area contributed by atoms with Gasteiger partial charge in [0.25, 0.3) is 0 Å². The van der Waals surface area contributed by atoms with E-state index in [2.05, 4.69) is 15.1 Å².